The smallest absolute Gasteiger partial charge is 0.341 e. The second-order valence-electron chi connectivity index (χ2n) is 5.93. The molecule has 1 N–H and O–H groups in total. The Morgan fingerprint density at radius 2 is 1.72 bits per heavy atom. The third-order valence-electron chi connectivity index (χ3n) is 3.73. The SMILES string of the molecule is Cc1cc(C)c(NC(=O)[C@H](C)OC(=O)c2ccc(Cl)cc2F)c(C)c1. The van der Waals surface area contributed by atoms with Crippen molar-refractivity contribution in [3.8, 4) is 0 Å². The zero-order chi connectivity index (χ0) is 18.7. The normalized spacial score (nSPS) is 11.8. The summed E-state index contributed by atoms with van der Waals surface area (Å²) in [5.74, 6) is -2.21. The molecule has 6 heteroatoms. The number of benzene rings is 2. The maximum Gasteiger partial charge on any atom is 0.341 e. The number of aryl methyl sites for hydroxylation is 3. The lowest BCUT2D eigenvalue weighted by Gasteiger charge is -2.17. The maximum absolute atomic E-state index is 13.8. The summed E-state index contributed by atoms with van der Waals surface area (Å²) < 4.78 is 18.8. The highest BCUT2D eigenvalue weighted by molar-refractivity contribution is 6.30. The molecule has 0 saturated carbocycles. The van der Waals surface area contributed by atoms with Crippen molar-refractivity contribution in [2.45, 2.75) is 33.8 Å². The van der Waals surface area contributed by atoms with Gasteiger partial charge in [0.1, 0.15) is 5.82 Å². The zero-order valence-corrected chi connectivity index (χ0v) is 15.2. The number of ether oxygens (including phenoxy) is 1. The number of amides is 1. The molecule has 0 spiro atoms. The van der Waals surface area contributed by atoms with Crippen LogP contribution in [0.5, 0.6) is 0 Å². The molecular weight excluding hydrogens is 345 g/mol. The van der Waals surface area contributed by atoms with Crippen LogP contribution < -0.4 is 5.32 Å². The fourth-order valence-corrected chi connectivity index (χ4v) is 2.69. The van der Waals surface area contributed by atoms with E-state index in [1.165, 1.54) is 19.1 Å². The van der Waals surface area contributed by atoms with Crippen LogP contribution in [0.4, 0.5) is 10.1 Å². The Morgan fingerprint density at radius 3 is 2.28 bits per heavy atom. The first-order chi connectivity index (χ1) is 11.7. The Morgan fingerprint density at radius 1 is 1.12 bits per heavy atom. The molecule has 1 amide bonds. The van der Waals surface area contributed by atoms with E-state index in [0.717, 1.165) is 22.8 Å². The first kappa shape index (κ1) is 18.9. The molecule has 0 aliphatic rings. The van der Waals surface area contributed by atoms with Crippen LogP contribution in [0.15, 0.2) is 30.3 Å². The quantitative estimate of drug-likeness (QED) is 0.808. The van der Waals surface area contributed by atoms with Crippen LogP contribution in [0.3, 0.4) is 0 Å². The van der Waals surface area contributed by atoms with Crippen LogP contribution >= 0.6 is 11.6 Å². The topological polar surface area (TPSA) is 55.4 Å². The van der Waals surface area contributed by atoms with Gasteiger partial charge in [0, 0.05) is 10.7 Å². The Hall–Kier alpha value is -2.40. The first-order valence-corrected chi connectivity index (χ1v) is 8.11. The average Bonchev–Trinajstić information content (AvgIpc) is 2.50. The Bertz CT molecular complexity index is 812. The third kappa shape index (κ3) is 4.57. The Kier molecular flexibility index (Phi) is 5.80. The van der Waals surface area contributed by atoms with Crippen molar-refractivity contribution >= 4 is 29.2 Å². The lowest BCUT2D eigenvalue weighted by molar-refractivity contribution is -0.123. The molecule has 0 aromatic heterocycles. The average molecular weight is 364 g/mol. The van der Waals surface area contributed by atoms with Crippen LogP contribution in [0.25, 0.3) is 0 Å². The highest BCUT2D eigenvalue weighted by atomic mass is 35.5. The summed E-state index contributed by atoms with van der Waals surface area (Å²) in [6.45, 7) is 7.17. The number of hydrogen-bond acceptors (Lipinski definition) is 3. The molecule has 0 saturated heterocycles. The second-order valence-corrected chi connectivity index (χ2v) is 6.37. The van der Waals surface area contributed by atoms with Gasteiger partial charge in [0.05, 0.1) is 5.56 Å². The molecule has 4 nitrogen and oxygen atoms in total. The Labute approximate surface area is 150 Å². The summed E-state index contributed by atoms with van der Waals surface area (Å²) in [4.78, 5) is 24.3. The number of halogens is 2. The summed E-state index contributed by atoms with van der Waals surface area (Å²) in [5, 5.41) is 2.93. The van der Waals surface area contributed by atoms with E-state index in [-0.39, 0.29) is 10.6 Å². The summed E-state index contributed by atoms with van der Waals surface area (Å²) in [5.41, 5.74) is 3.31. The lowest BCUT2D eigenvalue weighted by Crippen LogP contribution is -2.30. The molecule has 2 rings (SSSR count). The van der Waals surface area contributed by atoms with E-state index >= 15 is 0 Å². The van der Waals surface area contributed by atoms with E-state index in [1.54, 1.807) is 0 Å². The van der Waals surface area contributed by atoms with E-state index in [1.807, 2.05) is 32.9 Å². The van der Waals surface area contributed by atoms with Gasteiger partial charge >= 0.3 is 5.97 Å². The van der Waals surface area contributed by atoms with Crippen molar-refractivity contribution in [1.82, 2.24) is 0 Å². The molecule has 0 unspecified atom stereocenters. The summed E-state index contributed by atoms with van der Waals surface area (Å²) >= 11 is 5.65. The van der Waals surface area contributed by atoms with Gasteiger partial charge in [-0.1, -0.05) is 29.3 Å². The molecule has 0 heterocycles. The minimum Gasteiger partial charge on any atom is -0.449 e. The van der Waals surface area contributed by atoms with Crippen molar-refractivity contribution in [2.75, 3.05) is 5.32 Å². The van der Waals surface area contributed by atoms with Gasteiger partial charge in [-0.3, -0.25) is 4.79 Å². The molecule has 25 heavy (non-hydrogen) atoms. The van der Waals surface area contributed by atoms with Gasteiger partial charge in [0.15, 0.2) is 6.10 Å². The number of esters is 1. The minimum absolute atomic E-state index is 0.171. The van der Waals surface area contributed by atoms with E-state index in [0.29, 0.717) is 5.69 Å². The highest BCUT2D eigenvalue weighted by Crippen LogP contribution is 2.22. The molecule has 0 radical (unpaired) electrons. The van der Waals surface area contributed by atoms with Gasteiger partial charge in [-0.25, -0.2) is 9.18 Å². The predicted octanol–water partition coefficient (Wildman–Crippen LogP) is 4.59. The van der Waals surface area contributed by atoms with Crippen molar-refractivity contribution in [1.29, 1.82) is 0 Å². The number of nitrogens with one attached hydrogen (secondary N) is 1. The monoisotopic (exact) mass is 363 g/mol. The van der Waals surface area contributed by atoms with Crippen LogP contribution in [0, 0.1) is 26.6 Å². The number of anilines is 1. The number of carbonyl (C=O) groups excluding carboxylic acids is 2. The zero-order valence-electron chi connectivity index (χ0n) is 14.4. The van der Waals surface area contributed by atoms with E-state index in [4.69, 9.17) is 16.3 Å². The van der Waals surface area contributed by atoms with Crippen LogP contribution in [0.1, 0.15) is 34.0 Å². The van der Waals surface area contributed by atoms with Gasteiger partial charge in [-0.2, -0.15) is 0 Å². The van der Waals surface area contributed by atoms with Gasteiger partial charge in [-0.05, 0) is 57.0 Å². The number of rotatable bonds is 4. The molecule has 132 valence electrons. The molecule has 2 aromatic carbocycles. The largest absolute Gasteiger partial charge is 0.449 e. The van der Waals surface area contributed by atoms with Crippen molar-refractivity contribution in [3.63, 3.8) is 0 Å². The molecule has 1 atom stereocenters. The van der Waals surface area contributed by atoms with Crippen molar-refractivity contribution in [3.05, 3.63) is 63.4 Å². The van der Waals surface area contributed by atoms with Gasteiger partial charge in [0.2, 0.25) is 0 Å². The number of hydrogen-bond donors (Lipinski definition) is 1. The van der Waals surface area contributed by atoms with Gasteiger partial charge in [0.25, 0.3) is 5.91 Å². The van der Waals surface area contributed by atoms with Crippen molar-refractivity contribution in [2.24, 2.45) is 0 Å². The first-order valence-electron chi connectivity index (χ1n) is 7.73. The van der Waals surface area contributed by atoms with Crippen molar-refractivity contribution < 1.29 is 18.7 Å². The second kappa shape index (κ2) is 7.66. The van der Waals surface area contributed by atoms with Gasteiger partial charge in [-0.15, -0.1) is 0 Å². The standard InChI is InChI=1S/C19H19ClFNO3/c1-10-7-11(2)17(12(3)8-10)22-18(23)13(4)25-19(24)15-6-5-14(20)9-16(15)21/h5-9,13H,1-4H3,(H,22,23)/t13-/m0/s1. The minimum atomic E-state index is -1.08. The summed E-state index contributed by atoms with van der Waals surface area (Å²) in [6.07, 6.45) is -1.08. The van der Waals surface area contributed by atoms with E-state index < -0.39 is 23.8 Å². The number of carbonyl (C=O) groups is 2. The van der Waals surface area contributed by atoms with Gasteiger partial charge < -0.3 is 10.1 Å². The fourth-order valence-electron chi connectivity index (χ4n) is 2.53. The molecule has 2 aromatic rings. The fraction of sp³-hybridized carbons (Fsp3) is 0.263. The van der Waals surface area contributed by atoms with E-state index in [2.05, 4.69) is 5.32 Å². The van der Waals surface area contributed by atoms with Crippen LogP contribution in [0.2, 0.25) is 5.02 Å². The third-order valence-corrected chi connectivity index (χ3v) is 3.96. The Balaban J connectivity index is 2.09. The molecule has 0 aliphatic carbocycles. The molecular formula is C19H19ClFNO3. The molecule has 0 fully saturated rings. The molecule has 0 bridgehead atoms. The lowest BCUT2D eigenvalue weighted by atomic mass is 10.0. The van der Waals surface area contributed by atoms with E-state index in [9.17, 15) is 14.0 Å². The van der Waals surface area contributed by atoms with Crippen LogP contribution in [-0.4, -0.2) is 18.0 Å². The highest BCUT2D eigenvalue weighted by Gasteiger charge is 2.22. The molecule has 0 aliphatic heterocycles. The predicted molar refractivity (Wildman–Crippen MR) is 95.6 cm³/mol. The summed E-state index contributed by atoms with van der Waals surface area (Å²) in [7, 11) is 0. The van der Waals surface area contributed by atoms with Crippen LogP contribution in [-0.2, 0) is 9.53 Å². The summed E-state index contributed by atoms with van der Waals surface area (Å²) in [6, 6.07) is 7.51. The maximum atomic E-state index is 13.8.